The number of hydrogen-bond acceptors (Lipinski definition) is 4. The van der Waals surface area contributed by atoms with Crippen LogP contribution in [0, 0.1) is 5.92 Å². The molecule has 0 radical (unpaired) electrons. The lowest BCUT2D eigenvalue weighted by Crippen LogP contribution is -2.47. The summed E-state index contributed by atoms with van der Waals surface area (Å²) in [5.41, 5.74) is 1.82. The van der Waals surface area contributed by atoms with Crippen LogP contribution in [-0.4, -0.2) is 39.5 Å². The van der Waals surface area contributed by atoms with Crippen LogP contribution < -0.4 is 10.6 Å². The number of anilines is 1. The van der Waals surface area contributed by atoms with Crippen LogP contribution in [0.25, 0.3) is 11.3 Å². The molecule has 25 heavy (non-hydrogen) atoms. The van der Waals surface area contributed by atoms with Gasteiger partial charge >= 0.3 is 5.97 Å². The maximum Gasteiger partial charge on any atom is 0.328 e. The zero-order valence-corrected chi connectivity index (χ0v) is 14.5. The third-order valence-electron chi connectivity index (χ3n) is 4.11. The van der Waals surface area contributed by atoms with Crippen LogP contribution in [0.3, 0.4) is 0 Å². The molecule has 0 aliphatic carbocycles. The second-order valence-corrected chi connectivity index (χ2v) is 5.81. The van der Waals surface area contributed by atoms with Crippen molar-refractivity contribution < 1.29 is 14.7 Å². The quantitative estimate of drug-likeness (QED) is 0.559. The summed E-state index contributed by atoms with van der Waals surface area (Å²) in [7, 11) is 0. The van der Waals surface area contributed by atoms with Crippen molar-refractivity contribution in [2.75, 3.05) is 11.9 Å². The van der Waals surface area contributed by atoms with Crippen molar-refractivity contribution in [2.24, 2.45) is 5.92 Å². The fraction of sp³-hybridized carbons (Fsp3) is 0.389. The van der Waals surface area contributed by atoms with Crippen LogP contribution in [0.4, 0.5) is 5.95 Å². The van der Waals surface area contributed by atoms with Crippen molar-refractivity contribution in [3.8, 4) is 11.3 Å². The van der Waals surface area contributed by atoms with Gasteiger partial charge in [0.15, 0.2) is 0 Å². The number of benzene rings is 1. The molecule has 1 atom stereocenters. The van der Waals surface area contributed by atoms with Crippen molar-refractivity contribution in [1.82, 2.24) is 15.3 Å². The molecule has 1 aromatic carbocycles. The number of carbonyl (C=O) groups is 2. The number of amides is 1. The maximum absolute atomic E-state index is 12.1. The number of hydrogen-bond donors (Lipinski definition) is 4. The Morgan fingerprint density at radius 1 is 1.20 bits per heavy atom. The lowest BCUT2D eigenvalue weighted by atomic mass is 10.0. The average molecular weight is 344 g/mol. The van der Waals surface area contributed by atoms with Gasteiger partial charge in [-0.15, -0.1) is 0 Å². The summed E-state index contributed by atoms with van der Waals surface area (Å²) in [4.78, 5) is 30.8. The van der Waals surface area contributed by atoms with Gasteiger partial charge < -0.3 is 20.7 Å². The van der Waals surface area contributed by atoms with E-state index in [9.17, 15) is 14.7 Å². The molecule has 0 saturated carbocycles. The lowest BCUT2D eigenvalue weighted by Gasteiger charge is -2.18. The summed E-state index contributed by atoms with van der Waals surface area (Å²) in [6, 6.07) is 8.67. The van der Waals surface area contributed by atoms with Crippen LogP contribution in [0.2, 0.25) is 0 Å². The van der Waals surface area contributed by atoms with Gasteiger partial charge in [0.2, 0.25) is 11.9 Å². The van der Waals surface area contributed by atoms with Gasteiger partial charge in [-0.25, -0.2) is 9.78 Å². The molecule has 1 heterocycles. The fourth-order valence-electron chi connectivity index (χ4n) is 2.52. The number of carbonyl (C=O) groups excluding carboxylic acids is 1. The third-order valence-corrected chi connectivity index (χ3v) is 4.11. The van der Waals surface area contributed by atoms with Crippen LogP contribution >= 0.6 is 0 Å². The normalized spacial score (nSPS) is 12.0. The molecule has 134 valence electrons. The van der Waals surface area contributed by atoms with E-state index in [0.717, 1.165) is 11.3 Å². The van der Waals surface area contributed by atoms with Gasteiger partial charge in [-0.05, 0) is 18.4 Å². The molecule has 0 saturated heterocycles. The van der Waals surface area contributed by atoms with Crippen molar-refractivity contribution in [3.05, 3.63) is 36.5 Å². The molecule has 0 spiro atoms. The van der Waals surface area contributed by atoms with Gasteiger partial charge in [-0.2, -0.15) is 0 Å². The van der Waals surface area contributed by atoms with Crippen molar-refractivity contribution in [3.63, 3.8) is 0 Å². The predicted molar refractivity (Wildman–Crippen MR) is 96.2 cm³/mol. The number of aromatic nitrogens is 2. The Morgan fingerprint density at radius 2 is 1.88 bits per heavy atom. The Bertz CT molecular complexity index is 695. The minimum Gasteiger partial charge on any atom is -0.480 e. The summed E-state index contributed by atoms with van der Waals surface area (Å²) in [5, 5.41) is 14.8. The van der Waals surface area contributed by atoms with E-state index >= 15 is 0 Å². The molecule has 0 aliphatic rings. The first kappa shape index (κ1) is 18.5. The monoisotopic (exact) mass is 344 g/mol. The number of H-pyrrole nitrogens is 1. The van der Waals surface area contributed by atoms with Gasteiger partial charge in [-0.1, -0.05) is 44.2 Å². The first-order chi connectivity index (χ1) is 12.0. The number of imidazole rings is 1. The van der Waals surface area contributed by atoms with Gasteiger partial charge in [-0.3, -0.25) is 4.79 Å². The predicted octanol–water partition coefficient (Wildman–Crippen LogP) is 2.49. The van der Waals surface area contributed by atoms with E-state index in [1.165, 1.54) is 0 Å². The number of carboxylic acids is 1. The van der Waals surface area contributed by atoms with E-state index in [1.807, 2.05) is 44.2 Å². The number of aliphatic carboxylic acids is 1. The minimum absolute atomic E-state index is 0.0446. The minimum atomic E-state index is -1.08. The number of nitrogens with one attached hydrogen (secondary N) is 3. The van der Waals surface area contributed by atoms with E-state index in [0.29, 0.717) is 18.8 Å². The summed E-state index contributed by atoms with van der Waals surface area (Å²) in [6.45, 7) is 3.87. The van der Waals surface area contributed by atoms with Crippen molar-refractivity contribution >= 4 is 17.8 Å². The van der Waals surface area contributed by atoms with E-state index in [4.69, 9.17) is 0 Å². The molecule has 0 unspecified atom stereocenters. The molecular formula is C18H24N4O3. The Morgan fingerprint density at radius 3 is 2.48 bits per heavy atom. The molecule has 2 aromatic rings. The van der Waals surface area contributed by atoms with E-state index in [2.05, 4.69) is 20.6 Å². The van der Waals surface area contributed by atoms with Gasteiger partial charge in [0.1, 0.15) is 6.04 Å². The standard InChI is InChI=1S/C18H24N4O3/c1-3-12(4-2)16(23)21-15(17(24)25)11-20-18-19-10-14(22-18)13-8-6-5-7-9-13/h5-10,12,15H,3-4,11H2,1-2H3,(H,21,23)(H,24,25)(H2,19,20,22)/t15-/m0/s1. The van der Waals surface area contributed by atoms with Crippen molar-refractivity contribution in [2.45, 2.75) is 32.7 Å². The van der Waals surface area contributed by atoms with E-state index in [-0.39, 0.29) is 18.4 Å². The molecule has 7 nitrogen and oxygen atoms in total. The summed E-state index contributed by atoms with van der Waals surface area (Å²) >= 11 is 0. The number of rotatable bonds is 9. The summed E-state index contributed by atoms with van der Waals surface area (Å²) < 4.78 is 0. The molecular weight excluding hydrogens is 320 g/mol. The van der Waals surface area contributed by atoms with Crippen LogP contribution in [0.5, 0.6) is 0 Å². The highest BCUT2D eigenvalue weighted by molar-refractivity contribution is 5.85. The average Bonchev–Trinajstić information content (AvgIpc) is 3.09. The molecule has 0 fully saturated rings. The van der Waals surface area contributed by atoms with E-state index in [1.54, 1.807) is 6.20 Å². The lowest BCUT2D eigenvalue weighted by molar-refractivity contribution is -0.142. The molecule has 4 N–H and O–H groups in total. The molecule has 1 amide bonds. The second-order valence-electron chi connectivity index (χ2n) is 5.81. The first-order valence-corrected chi connectivity index (χ1v) is 8.42. The van der Waals surface area contributed by atoms with Gasteiger partial charge in [0.25, 0.3) is 0 Å². The SMILES string of the molecule is CCC(CC)C(=O)N[C@@H](CNc1ncc(-c2ccccc2)[nH]1)C(=O)O. The Labute approximate surface area is 146 Å². The first-order valence-electron chi connectivity index (χ1n) is 8.42. The zero-order valence-electron chi connectivity index (χ0n) is 14.5. The Kier molecular flexibility index (Phi) is 6.56. The molecule has 2 rings (SSSR count). The number of nitrogens with zero attached hydrogens (tertiary/aromatic N) is 1. The van der Waals surface area contributed by atoms with E-state index < -0.39 is 12.0 Å². The van der Waals surface area contributed by atoms with Gasteiger partial charge in [0, 0.05) is 12.5 Å². The number of carboxylic acid groups (broad SMARTS) is 1. The van der Waals surface area contributed by atoms with Crippen LogP contribution in [0.1, 0.15) is 26.7 Å². The number of aromatic amines is 1. The topological polar surface area (TPSA) is 107 Å². The highest BCUT2D eigenvalue weighted by Gasteiger charge is 2.23. The summed E-state index contributed by atoms with van der Waals surface area (Å²) in [6.07, 6.45) is 3.04. The van der Waals surface area contributed by atoms with Crippen molar-refractivity contribution in [1.29, 1.82) is 0 Å². The Balaban J connectivity index is 1.96. The molecule has 7 heteroatoms. The van der Waals surface area contributed by atoms with Gasteiger partial charge in [0.05, 0.1) is 11.9 Å². The molecule has 0 aliphatic heterocycles. The highest BCUT2D eigenvalue weighted by Crippen LogP contribution is 2.17. The van der Waals surface area contributed by atoms with Crippen LogP contribution in [-0.2, 0) is 9.59 Å². The zero-order chi connectivity index (χ0) is 18.2. The second kappa shape index (κ2) is 8.86. The highest BCUT2D eigenvalue weighted by atomic mass is 16.4. The summed E-state index contributed by atoms with van der Waals surface area (Å²) in [5.74, 6) is -1.03. The molecule has 0 bridgehead atoms. The molecule has 1 aromatic heterocycles. The fourth-order valence-corrected chi connectivity index (χ4v) is 2.52. The Hall–Kier alpha value is -2.83. The largest absolute Gasteiger partial charge is 0.480 e. The maximum atomic E-state index is 12.1. The van der Waals surface area contributed by atoms with Crippen LogP contribution in [0.15, 0.2) is 36.5 Å². The third kappa shape index (κ3) is 5.07. The smallest absolute Gasteiger partial charge is 0.328 e.